The maximum atomic E-state index is 13.7. The van der Waals surface area contributed by atoms with Crippen molar-refractivity contribution in [3.05, 3.63) is 108 Å². The number of urea groups is 1. The van der Waals surface area contributed by atoms with E-state index >= 15 is 0 Å². The Morgan fingerprint density at radius 2 is 1.74 bits per heavy atom. The molecule has 1 aromatic heterocycles. The van der Waals surface area contributed by atoms with E-state index in [0.717, 1.165) is 42.8 Å². The molecule has 7 nitrogen and oxygen atoms in total. The van der Waals surface area contributed by atoms with Gasteiger partial charge in [0.15, 0.2) is 0 Å². The highest BCUT2D eigenvalue weighted by Gasteiger charge is 2.42. The molecule has 39 heavy (non-hydrogen) atoms. The van der Waals surface area contributed by atoms with Gasteiger partial charge in [0.2, 0.25) is 0 Å². The number of hydrogen-bond acceptors (Lipinski definition) is 5. The van der Waals surface area contributed by atoms with Gasteiger partial charge < -0.3 is 19.7 Å². The number of amides is 2. The van der Waals surface area contributed by atoms with Crippen LogP contribution in [-0.4, -0.2) is 52.8 Å². The standard InChI is InChI=1S/C32H34N4O3/c1-39-29-10-4-6-26(20-29)21-34-31(38)36(22-25-12-16-33-17-13-25)32(24-37)14-18-35(19-15-32)23-28-9-5-8-27-7-2-3-11-30(27)28/h2-13,16-17,20,24H,14-15,18-19,21-23H2,1H3,(H,34,38). The van der Waals surface area contributed by atoms with Gasteiger partial charge in [0.1, 0.15) is 17.6 Å². The number of rotatable bonds is 9. The van der Waals surface area contributed by atoms with E-state index < -0.39 is 5.54 Å². The molecule has 3 aromatic carbocycles. The van der Waals surface area contributed by atoms with Crippen molar-refractivity contribution < 1.29 is 14.3 Å². The van der Waals surface area contributed by atoms with Crippen molar-refractivity contribution in [1.29, 1.82) is 0 Å². The Bertz CT molecular complexity index is 1410. The summed E-state index contributed by atoms with van der Waals surface area (Å²) >= 11 is 0. The van der Waals surface area contributed by atoms with E-state index in [2.05, 4.69) is 57.7 Å². The van der Waals surface area contributed by atoms with Gasteiger partial charge in [-0.1, -0.05) is 54.6 Å². The summed E-state index contributed by atoms with van der Waals surface area (Å²) < 4.78 is 5.31. The second-order valence-electron chi connectivity index (χ2n) is 10.1. The van der Waals surface area contributed by atoms with Crippen LogP contribution in [0.25, 0.3) is 10.8 Å². The van der Waals surface area contributed by atoms with Gasteiger partial charge in [0.25, 0.3) is 0 Å². The van der Waals surface area contributed by atoms with Crippen LogP contribution in [0.3, 0.4) is 0 Å². The van der Waals surface area contributed by atoms with Gasteiger partial charge in [-0.05, 0) is 64.6 Å². The number of fused-ring (bicyclic) bond motifs is 1. The van der Waals surface area contributed by atoms with Crippen LogP contribution in [0.15, 0.2) is 91.3 Å². The summed E-state index contributed by atoms with van der Waals surface area (Å²) in [6.45, 7) is 2.91. The van der Waals surface area contributed by atoms with Crippen LogP contribution in [-0.2, 0) is 24.4 Å². The van der Waals surface area contributed by atoms with E-state index in [0.29, 0.717) is 25.9 Å². The molecule has 0 radical (unpaired) electrons. The summed E-state index contributed by atoms with van der Waals surface area (Å²) in [4.78, 5) is 34.6. The summed E-state index contributed by atoms with van der Waals surface area (Å²) in [5.74, 6) is 0.735. The fourth-order valence-electron chi connectivity index (χ4n) is 5.38. The summed E-state index contributed by atoms with van der Waals surface area (Å²) in [6.07, 6.45) is 5.54. The van der Waals surface area contributed by atoms with E-state index in [1.54, 1.807) is 24.4 Å². The van der Waals surface area contributed by atoms with Crippen molar-refractivity contribution >= 4 is 23.1 Å². The first kappa shape index (κ1) is 26.4. The van der Waals surface area contributed by atoms with Crippen molar-refractivity contribution in [1.82, 2.24) is 20.1 Å². The molecule has 7 heteroatoms. The normalized spacial score (nSPS) is 15.0. The molecular formula is C32H34N4O3. The van der Waals surface area contributed by atoms with E-state index in [1.807, 2.05) is 36.4 Å². The van der Waals surface area contributed by atoms with Crippen molar-refractivity contribution in [2.24, 2.45) is 0 Å². The fraction of sp³-hybridized carbons (Fsp3) is 0.281. The van der Waals surface area contributed by atoms with Crippen molar-refractivity contribution in [3.8, 4) is 5.75 Å². The molecule has 0 spiro atoms. The minimum atomic E-state index is -0.892. The lowest BCUT2D eigenvalue weighted by molar-refractivity contribution is -0.120. The molecule has 0 bridgehead atoms. The molecule has 1 fully saturated rings. The van der Waals surface area contributed by atoms with Gasteiger partial charge in [-0.2, -0.15) is 0 Å². The third-order valence-corrected chi connectivity index (χ3v) is 7.67. The number of nitrogens with one attached hydrogen (secondary N) is 1. The van der Waals surface area contributed by atoms with Gasteiger partial charge in [-0.3, -0.25) is 9.88 Å². The first-order chi connectivity index (χ1) is 19.1. The molecule has 0 atom stereocenters. The predicted molar refractivity (Wildman–Crippen MR) is 152 cm³/mol. The monoisotopic (exact) mass is 522 g/mol. The molecule has 0 aliphatic carbocycles. The minimum Gasteiger partial charge on any atom is -0.497 e. The molecule has 1 aliphatic heterocycles. The van der Waals surface area contributed by atoms with Crippen LogP contribution in [0.4, 0.5) is 4.79 Å². The maximum Gasteiger partial charge on any atom is 0.318 e. The Labute approximate surface area is 229 Å². The summed E-state index contributed by atoms with van der Waals surface area (Å²) in [6, 6.07) is 25.9. The Balaban J connectivity index is 1.32. The number of nitrogens with zero attached hydrogens (tertiary/aromatic N) is 3. The number of benzene rings is 3. The van der Waals surface area contributed by atoms with Gasteiger partial charge in [0, 0.05) is 45.1 Å². The minimum absolute atomic E-state index is 0.260. The highest BCUT2D eigenvalue weighted by Crippen LogP contribution is 2.31. The average molecular weight is 523 g/mol. The summed E-state index contributed by atoms with van der Waals surface area (Å²) in [7, 11) is 1.62. The van der Waals surface area contributed by atoms with Crippen LogP contribution in [0.1, 0.15) is 29.5 Å². The predicted octanol–water partition coefficient (Wildman–Crippen LogP) is 5.19. The van der Waals surface area contributed by atoms with E-state index in [1.165, 1.54) is 16.3 Å². The van der Waals surface area contributed by atoms with Crippen LogP contribution >= 0.6 is 0 Å². The number of hydrogen-bond donors (Lipinski definition) is 1. The zero-order valence-electron chi connectivity index (χ0n) is 22.3. The smallest absolute Gasteiger partial charge is 0.318 e. The van der Waals surface area contributed by atoms with Crippen LogP contribution < -0.4 is 10.1 Å². The van der Waals surface area contributed by atoms with Crippen LogP contribution in [0, 0.1) is 0 Å². The van der Waals surface area contributed by atoms with E-state index in [9.17, 15) is 9.59 Å². The van der Waals surface area contributed by atoms with Crippen molar-refractivity contribution in [2.45, 2.75) is 38.0 Å². The third-order valence-electron chi connectivity index (χ3n) is 7.67. The maximum absolute atomic E-state index is 13.7. The Hall–Kier alpha value is -4.23. The molecule has 1 N–H and O–H groups in total. The van der Waals surface area contributed by atoms with Gasteiger partial charge >= 0.3 is 6.03 Å². The largest absolute Gasteiger partial charge is 0.497 e. The number of ether oxygens (including phenoxy) is 1. The lowest BCUT2D eigenvalue weighted by Gasteiger charge is -2.45. The first-order valence-electron chi connectivity index (χ1n) is 13.3. The Morgan fingerprint density at radius 3 is 2.51 bits per heavy atom. The zero-order chi connectivity index (χ0) is 27.1. The zero-order valence-corrected chi connectivity index (χ0v) is 22.3. The number of carbonyl (C=O) groups is 2. The average Bonchev–Trinajstić information content (AvgIpc) is 3.00. The third kappa shape index (κ3) is 6.10. The summed E-state index contributed by atoms with van der Waals surface area (Å²) in [5.41, 5.74) is 2.24. The Morgan fingerprint density at radius 1 is 1.00 bits per heavy atom. The van der Waals surface area contributed by atoms with Gasteiger partial charge in [-0.15, -0.1) is 0 Å². The second kappa shape index (κ2) is 12.1. The quantitative estimate of drug-likeness (QED) is 0.306. The van der Waals surface area contributed by atoms with E-state index in [4.69, 9.17) is 4.74 Å². The number of aromatic nitrogens is 1. The number of carbonyl (C=O) groups excluding carboxylic acids is 2. The van der Waals surface area contributed by atoms with E-state index in [-0.39, 0.29) is 6.03 Å². The number of aldehydes is 1. The highest BCUT2D eigenvalue weighted by molar-refractivity contribution is 5.85. The highest BCUT2D eigenvalue weighted by atomic mass is 16.5. The SMILES string of the molecule is COc1cccc(CNC(=O)N(Cc2ccncc2)C2(C=O)CCN(Cc3cccc4ccccc34)CC2)c1. The molecular weight excluding hydrogens is 488 g/mol. The number of pyridine rings is 1. The van der Waals surface area contributed by atoms with Gasteiger partial charge in [0.05, 0.1) is 7.11 Å². The number of methoxy groups -OCH3 is 1. The topological polar surface area (TPSA) is 74.8 Å². The molecule has 200 valence electrons. The summed E-state index contributed by atoms with van der Waals surface area (Å²) in [5, 5.41) is 5.52. The molecule has 0 saturated carbocycles. The van der Waals surface area contributed by atoms with Crippen molar-refractivity contribution in [3.63, 3.8) is 0 Å². The van der Waals surface area contributed by atoms with Gasteiger partial charge in [-0.25, -0.2) is 4.79 Å². The van der Waals surface area contributed by atoms with Crippen LogP contribution in [0.5, 0.6) is 5.75 Å². The molecule has 1 aliphatic rings. The molecule has 0 unspecified atom stereocenters. The molecule has 5 rings (SSSR count). The molecule has 2 amide bonds. The molecule has 4 aromatic rings. The Kier molecular flexibility index (Phi) is 8.18. The molecule has 2 heterocycles. The second-order valence-corrected chi connectivity index (χ2v) is 10.1. The fourth-order valence-corrected chi connectivity index (χ4v) is 5.38. The lowest BCUT2D eigenvalue weighted by atomic mass is 9.86. The van der Waals surface area contributed by atoms with Crippen LogP contribution in [0.2, 0.25) is 0 Å². The molecule has 1 saturated heterocycles. The number of piperidine rings is 1. The lowest BCUT2D eigenvalue weighted by Crippen LogP contribution is -2.60. The van der Waals surface area contributed by atoms with Crippen molar-refractivity contribution in [2.75, 3.05) is 20.2 Å². The number of likely N-dealkylation sites (tertiary alicyclic amines) is 1. The first-order valence-corrected chi connectivity index (χ1v) is 13.3.